The molecule has 0 saturated carbocycles. The van der Waals surface area contributed by atoms with Gasteiger partial charge in [-0.3, -0.25) is 0 Å². The van der Waals surface area contributed by atoms with Crippen molar-refractivity contribution < 1.29 is 17.2 Å². The Morgan fingerprint density at radius 2 is 1.85 bits per heavy atom. The van der Waals surface area contributed by atoms with Crippen molar-refractivity contribution in [3.05, 3.63) is 59.4 Å². The fourth-order valence-corrected chi connectivity index (χ4v) is 3.77. The fraction of sp³-hybridized carbons (Fsp3) is 0.211. The molecular weight excluding hydrogens is 391 g/mol. The van der Waals surface area contributed by atoms with Crippen molar-refractivity contribution in [1.82, 2.24) is 4.98 Å². The zero-order valence-corrected chi connectivity index (χ0v) is 16.3. The maximum Gasteiger partial charge on any atom is 0.234 e. The maximum absolute atomic E-state index is 14.1. The van der Waals surface area contributed by atoms with E-state index in [1.54, 1.807) is 6.07 Å². The molecule has 1 aromatic heterocycles. The number of halogens is 2. The molecule has 1 heterocycles. The van der Waals surface area contributed by atoms with Gasteiger partial charge in [-0.05, 0) is 49.7 Å². The number of nitrogens with one attached hydrogen (secondary N) is 1. The number of nitrogens with zero attached hydrogens (tertiary/aromatic N) is 1. The Kier molecular flexibility index (Phi) is 5.53. The molecular formula is C19H18ClFN2O3S. The van der Waals surface area contributed by atoms with Gasteiger partial charge < -0.3 is 9.73 Å². The van der Waals surface area contributed by atoms with Crippen molar-refractivity contribution in [2.24, 2.45) is 0 Å². The van der Waals surface area contributed by atoms with Gasteiger partial charge in [0.2, 0.25) is 26.6 Å². The normalized spacial score (nSPS) is 12.7. The largest absolute Gasteiger partial charge is 0.419 e. The van der Waals surface area contributed by atoms with Gasteiger partial charge in [-0.25, -0.2) is 12.8 Å². The van der Waals surface area contributed by atoms with Crippen LogP contribution in [0.3, 0.4) is 0 Å². The summed E-state index contributed by atoms with van der Waals surface area (Å²) in [6, 6.07) is 11.6. The monoisotopic (exact) mass is 408 g/mol. The lowest BCUT2D eigenvalue weighted by Crippen LogP contribution is -2.15. The van der Waals surface area contributed by atoms with E-state index in [1.807, 2.05) is 13.8 Å². The van der Waals surface area contributed by atoms with Crippen LogP contribution in [0, 0.1) is 5.82 Å². The predicted octanol–water partition coefficient (Wildman–Crippen LogP) is 5.18. The molecule has 3 rings (SSSR count). The number of rotatable bonds is 6. The van der Waals surface area contributed by atoms with Crippen LogP contribution in [-0.4, -0.2) is 19.4 Å². The van der Waals surface area contributed by atoms with Crippen LogP contribution in [0.5, 0.6) is 0 Å². The van der Waals surface area contributed by atoms with Gasteiger partial charge in [0.05, 0.1) is 10.5 Å². The van der Waals surface area contributed by atoms with Gasteiger partial charge >= 0.3 is 0 Å². The summed E-state index contributed by atoms with van der Waals surface area (Å²) in [7, 11) is -3.99. The second-order valence-electron chi connectivity index (χ2n) is 6.04. The van der Waals surface area contributed by atoms with Gasteiger partial charge in [0.25, 0.3) is 0 Å². The van der Waals surface area contributed by atoms with E-state index in [-0.39, 0.29) is 33.3 Å². The van der Waals surface area contributed by atoms with Crippen molar-refractivity contribution in [1.29, 1.82) is 0 Å². The lowest BCUT2D eigenvalue weighted by molar-refractivity contribution is 0.558. The van der Waals surface area contributed by atoms with Crippen LogP contribution in [0.2, 0.25) is 5.02 Å². The summed E-state index contributed by atoms with van der Waals surface area (Å²) >= 11 is 5.85. The third kappa shape index (κ3) is 3.99. The Balaban J connectivity index is 2.15. The summed E-state index contributed by atoms with van der Waals surface area (Å²) in [5.41, 5.74) is 0.0854. The summed E-state index contributed by atoms with van der Waals surface area (Å²) in [6.45, 7) is 3.82. The van der Waals surface area contributed by atoms with Crippen LogP contribution in [0.4, 0.5) is 10.3 Å². The van der Waals surface area contributed by atoms with Gasteiger partial charge in [0.1, 0.15) is 5.82 Å². The van der Waals surface area contributed by atoms with Gasteiger partial charge in [0, 0.05) is 11.1 Å². The zero-order valence-electron chi connectivity index (χ0n) is 14.7. The van der Waals surface area contributed by atoms with Crippen LogP contribution < -0.4 is 5.32 Å². The molecule has 1 atom stereocenters. The van der Waals surface area contributed by atoms with Gasteiger partial charge in [0.15, 0.2) is 0 Å². The predicted molar refractivity (Wildman–Crippen MR) is 102 cm³/mol. The highest BCUT2D eigenvalue weighted by Gasteiger charge is 2.29. The smallest absolute Gasteiger partial charge is 0.234 e. The number of sulfone groups is 1. The Labute approximate surface area is 162 Å². The Morgan fingerprint density at radius 3 is 2.48 bits per heavy atom. The van der Waals surface area contributed by atoms with E-state index in [0.29, 0.717) is 5.02 Å². The van der Waals surface area contributed by atoms with E-state index < -0.39 is 15.7 Å². The molecule has 142 valence electrons. The molecule has 0 aliphatic carbocycles. The van der Waals surface area contributed by atoms with Crippen LogP contribution in [0.25, 0.3) is 11.5 Å². The quantitative estimate of drug-likeness (QED) is 0.608. The molecule has 0 aliphatic rings. The minimum atomic E-state index is -3.99. The van der Waals surface area contributed by atoms with Crippen molar-refractivity contribution in [3.8, 4) is 11.5 Å². The third-order valence-corrected chi connectivity index (χ3v) is 6.00. The van der Waals surface area contributed by atoms with Crippen molar-refractivity contribution in [2.75, 3.05) is 5.32 Å². The van der Waals surface area contributed by atoms with Gasteiger partial charge in [-0.15, -0.1) is 0 Å². The van der Waals surface area contributed by atoms with Crippen LogP contribution in [0.15, 0.2) is 62.9 Å². The molecule has 0 spiro atoms. The summed E-state index contributed by atoms with van der Waals surface area (Å²) < 4.78 is 45.9. The minimum Gasteiger partial charge on any atom is -0.419 e. The molecule has 0 amide bonds. The number of anilines is 1. The summed E-state index contributed by atoms with van der Waals surface area (Å²) in [6.07, 6.45) is 0.732. The van der Waals surface area contributed by atoms with Crippen LogP contribution in [0.1, 0.15) is 20.3 Å². The molecule has 3 aromatic rings. The van der Waals surface area contributed by atoms with E-state index in [1.165, 1.54) is 42.5 Å². The molecule has 8 heteroatoms. The second kappa shape index (κ2) is 7.70. The minimum absolute atomic E-state index is 0.0162. The number of hydrogen-bond donors (Lipinski definition) is 1. The Hall–Kier alpha value is -2.38. The van der Waals surface area contributed by atoms with Gasteiger partial charge in [-0.1, -0.05) is 30.7 Å². The number of benzene rings is 2. The average molecular weight is 409 g/mol. The SMILES string of the molecule is CCC(C)Nc1oc(-c2ccccc2F)nc1S(=O)(=O)c1ccc(Cl)cc1. The fourth-order valence-electron chi connectivity index (χ4n) is 2.38. The summed E-state index contributed by atoms with van der Waals surface area (Å²) in [5.74, 6) is -0.673. The second-order valence-corrected chi connectivity index (χ2v) is 8.35. The first-order chi connectivity index (χ1) is 12.8. The van der Waals surface area contributed by atoms with Crippen molar-refractivity contribution in [3.63, 3.8) is 0 Å². The molecule has 0 aliphatic heterocycles. The standard InChI is InChI=1S/C19H18ClFN2O3S/c1-3-12(2)22-18-19(27(24,25)14-10-8-13(20)9-11-14)23-17(26-18)15-6-4-5-7-16(15)21/h4-12,22H,3H2,1-2H3. The molecule has 2 aromatic carbocycles. The molecule has 5 nitrogen and oxygen atoms in total. The molecule has 0 radical (unpaired) electrons. The summed E-state index contributed by atoms with van der Waals surface area (Å²) in [5, 5.41) is 3.13. The molecule has 0 bridgehead atoms. The third-order valence-electron chi connectivity index (χ3n) is 4.07. The van der Waals surface area contributed by atoms with E-state index in [2.05, 4.69) is 10.3 Å². The highest BCUT2D eigenvalue weighted by Crippen LogP contribution is 2.34. The van der Waals surface area contributed by atoms with Crippen LogP contribution in [-0.2, 0) is 9.84 Å². The van der Waals surface area contributed by atoms with Gasteiger partial charge in [-0.2, -0.15) is 4.98 Å². The van der Waals surface area contributed by atoms with E-state index >= 15 is 0 Å². The topological polar surface area (TPSA) is 72.2 Å². The lowest BCUT2D eigenvalue weighted by atomic mass is 10.2. The molecule has 27 heavy (non-hydrogen) atoms. The Morgan fingerprint density at radius 1 is 1.19 bits per heavy atom. The number of oxazole rings is 1. The maximum atomic E-state index is 14.1. The molecule has 0 fully saturated rings. The average Bonchev–Trinajstić information content (AvgIpc) is 3.06. The van der Waals surface area contributed by atoms with Crippen molar-refractivity contribution in [2.45, 2.75) is 36.2 Å². The molecule has 0 saturated heterocycles. The number of aromatic nitrogens is 1. The first kappa shape index (κ1) is 19.4. The molecule has 1 N–H and O–H groups in total. The number of hydrogen-bond acceptors (Lipinski definition) is 5. The van der Waals surface area contributed by atoms with E-state index in [0.717, 1.165) is 6.42 Å². The first-order valence-electron chi connectivity index (χ1n) is 8.36. The molecule has 1 unspecified atom stereocenters. The van der Waals surface area contributed by atoms with Crippen LogP contribution >= 0.6 is 11.6 Å². The lowest BCUT2D eigenvalue weighted by Gasteiger charge is -2.11. The zero-order chi connectivity index (χ0) is 19.6. The highest BCUT2D eigenvalue weighted by atomic mass is 35.5. The first-order valence-corrected chi connectivity index (χ1v) is 10.2. The Bertz CT molecular complexity index is 1050. The van der Waals surface area contributed by atoms with E-state index in [9.17, 15) is 12.8 Å². The van der Waals surface area contributed by atoms with E-state index in [4.69, 9.17) is 16.0 Å². The van der Waals surface area contributed by atoms with Crippen molar-refractivity contribution >= 4 is 27.3 Å². The summed E-state index contributed by atoms with van der Waals surface area (Å²) in [4.78, 5) is 4.13. The highest BCUT2D eigenvalue weighted by molar-refractivity contribution is 7.91.